The van der Waals surface area contributed by atoms with Gasteiger partial charge in [-0.05, 0) is 44.2 Å². The van der Waals surface area contributed by atoms with E-state index in [0.29, 0.717) is 11.5 Å². The van der Waals surface area contributed by atoms with Crippen LogP contribution >= 0.6 is 11.6 Å². The number of nitrogens with zero attached hydrogens (tertiary/aromatic N) is 1. The third-order valence-electron chi connectivity index (χ3n) is 3.19. The minimum atomic E-state index is -0.609. The van der Waals surface area contributed by atoms with Gasteiger partial charge < -0.3 is 14.8 Å². The molecule has 0 saturated heterocycles. The molecule has 2 aromatic rings. The third-order valence-corrected chi connectivity index (χ3v) is 3.43. The topological polar surface area (TPSA) is 90.7 Å². The number of carbonyl (C=O) groups excluding carboxylic acids is 1. The van der Waals surface area contributed by atoms with E-state index in [0.717, 1.165) is 0 Å². The molecule has 1 N–H and O–H groups in total. The number of ether oxygens (including phenoxy) is 2. The van der Waals surface area contributed by atoms with Crippen molar-refractivity contribution in [1.82, 2.24) is 0 Å². The van der Waals surface area contributed by atoms with E-state index in [1.807, 2.05) is 13.8 Å². The number of benzene rings is 2. The minimum absolute atomic E-state index is 0.0507. The number of hydrogen-bond acceptors (Lipinski definition) is 5. The van der Waals surface area contributed by atoms with Gasteiger partial charge in [-0.25, -0.2) is 0 Å². The highest BCUT2D eigenvalue weighted by atomic mass is 35.5. The fourth-order valence-corrected chi connectivity index (χ4v) is 2.28. The molecule has 25 heavy (non-hydrogen) atoms. The van der Waals surface area contributed by atoms with E-state index < -0.39 is 10.8 Å². The van der Waals surface area contributed by atoms with Crippen molar-refractivity contribution in [1.29, 1.82) is 0 Å². The van der Waals surface area contributed by atoms with Crippen LogP contribution in [0.2, 0.25) is 5.02 Å². The number of nitro benzene ring substituents is 1. The van der Waals surface area contributed by atoms with Crippen LogP contribution in [0.4, 0.5) is 11.4 Å². The summed E-state index contributed by atoms with van der Waals surface area (Å²) in [4.78, 5) is 22.9. The molecule has 0 unspecified atom stereocenters. The Morgan fingerprint density at radius 3 is 2.52 bits per heavy atom. The van der Waals surface area contributed by atoms with Crippen LogP contribution < -0.4 is 14.8 Å². The molecule has 0 aromatic heterocycles. The number of rotatable bonds is 6. The Kier molecular flexibility index (Phi) is 5.82. The van der Waals surface area contributed by atoms with Crippen molar-refractivity contribution in [3.05, 3.63) is 57.1 Å². The first-order valence-corrected chi connectivity index (χ1v) is 7.79. The van der Waals surface area contributed by atoms with Crippen LogP contribution in [0.5, 0.6) is 11.5 Å². The number of methoxy groups -OCH3 is 1. The van der Waals surface area contributed by atoms with Gasteiger partial charge in [0.25, 0.3) is 11.6 Å². The Labute approximate surface area is 149 Å². The van der Waals surface area contributed by atoms with Gasteiger partial charge in [-0.15, -0.1) is 0 Å². The molecule has 2 rings (SSSR count). The zero-order valence-electron chi connectivity index (χ0n) is 13.9. The highest BCUT2D eigenvalue weighted by Crippen LogP contribution is 2.31. The average Bonchev–Trinajstić information content (AvgIpc) is 2.56. The number of anilines is 1. The Morgan fingerprint density at radius 1 is 1.20 bits per heavy atom. The van der Waals surface area contributed by atoms with Crippen molar-refractivity contribution in [3.8, 4) is 11.5 Å². The van der Waals surface area contributed by atoms with Crippen LogP contribution in [0.1, 0.15) is 24.2 Å². The van der Waals surface area contributed by atoms with E-state index in [9.17, 15) is 14.9 Å². The predicted molar refractivity (Wildman–Crippen MR) is 94.8 cm³/mol. The van der Waals surface area contributed by atoms with E-state index in [4.69, 9.17) is 21.1 Å². The van der Waals surface area contributed by atoms with E-state index in [1.165, 1.54) is 31.4 Å². The van der Waals surface area contributed by atoms with Crippen LogP contribution in [0.15, 0.2) is 36.4 Å². The standard InChI is InChI=1S/C17H17ClN2O5/c1-10(2)25-15-7-4-11(8-16(15)24-3)17(21)19-13-6-5-12(18)9-14(13)20(22)23/h4-10H,1-3H3,(H,19,21). The summed E-state index contributed by atoms with van der Waals surface area (Å²) in [5, 5.41) is 13.8. The smallest absolute Gasteiger partial charge is 0.294 e. The Hall–Kier alpha value is -2.80. The summed E-state index contributed by atoms with van der Waals surface area (Å²) in [7, 11) is 1.47. The minimum Gasteiger partial charge on any atom is -0.493 e. The molecule has 1 amide bonds. The van der Waals surface area contributed by atoms with Crippen LogP contribution in [0, 0.1) is 10.1 Å². The van der Waals surface area contributed by atoms with Gasteiger partial charge in [-0.1, -0.05) is 11.6 Å². The normalized spacial score (nSPS) is 10.4. The van der Waals surface area contributed by atoms with E-state index >= 15 is 0 Å². The predicted octanol–water partition coefficient (Wildman–Crippen LogP) is 4.30. The van der Waals surface area contributed by atoms with Crippen LogP contribution in [-0.4, -0.2) is 24.0 Å². The largest absolute Gasteiger partial charge is 0.493 e. The number of amides is 1. The van der Waals surface area contributed by atoms with Gasteiger partial charge in [0.1, 0.15) is 5.69 Å². The molecule has 0 radical (unpaired) electrons. The first-order chi connectivity index (χ1) is 11.8. The molecule has 132 valence electrons. The number of nitrogens with one attached hydrogen (secondary N) is 1. The third kappa shape index (κ3) is 4.60. The first-order valence-electron chi connectivity index (χ1n) is 7.41. The molecule has 0 aliphatic carbocycles. The second-order valence-electron chi connectivity index (χ2n) is 5.40. The molecule has 0 aliphatic heterocycles. The summed E-state index contributed by atoms with van der Waals surface area (Å²) in [5.74, 6) is 0.387. The van der Waals surface area contributed by atoms with Crippen LogP contribution in [0.25, 0.3) is 0 Å². The average molecular weight is 365 g/mol. The van der Waals surface area contributed by atoms with Gasteiger partial charge in [-0.3, -0.25) is 14.9 Å². The van der Waals surface area contributed by atoms with Gasteiger partial charge in [-0.2, -0.15) is 0 Å². The lowest BCUT2D eigenvalue weighted by Gasteiger charge is -2.14. The summed E-state index contributed by atoms with van der Waals surface area (Å²) in [6.45, 7) is 3.75. The zero-order chi connectivity index (χ0) is 18.6. The van der Waals surface area contributed by atoms with Crippen molar-refractivity contribution < 1.29 is 19.2 Å². The SMILES string of the molecule is COc1cc(C(=O)Nc2ccc(Cl)cc2[N+](=O)[O-])ccc1OC(C)C. The van der Waals surface area contributed by atoms with Crippen molar-refractivity contribution in [2.75, 3.05) is 12.4 Å². The lowest BCUT2D eigenvalue weighted by atomic mass is 10.1. The lowest BCUT2D eigenvalue weighted by Crippen LogP contribution is -2.14. The zero-order valence-corrected chi connectivity index (χ0v) is 14.7. The lowest BCUT2D eigenvalue weighted by molar-refractivity contribution is -0.383. The van der Waals surface area contributed by atoms with Crippen molar-refractivity contribution in [3.63, 3.8) is 0 Å². The van der Waals surface area contributed by atoms with Crippen molar-refractivity contribution in [2.24, 2.45) is 0 Å². The van der Waals surface area contributed by atoms with Gasteiger partial charge in [0.05, 0.1) is 18.1 Å². The molecule has 2 aromatic carbocycles. The molecule has 7 nitrogen and oxygen atoms in total. The summed E-state index contributed by atoms with van der Waals surface area (Å²) in [6, 6.07) is 8.70. The molecular formula is C17H17ClN2O5. The summed E-state index contributed by atoms with van der Waals surface area (Å²) in [6.07, 6.45) is -0.0507. The molecular weight excluding hydrogens is 348 g/mol. The van der Waals surface area contributed by atoms with Gasteiger partial charge in [0.15, 0.2) is 11.5 Å². The molecule has 0 fully saturated rings. The molecule has 8 heteroatoms. The molecule has 0 spiro atoms. The molecule has 0 atom stereocenters. The van der Waals surface area contributed by atoms with Crippen molar-refractivity contribution in [2.45, 2.75) is 20.0 Å². The summed E-state index contributed by atoms with van der Waals surface area (Å²) >= 11 is 5.77. The molecule has 0 saturated carbocycles. The molecule has 0 heterocycles. The molecule has 0 bridgehead atoms. The summed E-state index contributed by atoms with van der Waals surface area (Å²) < 4.78 is 10.8. The van der Waals surface area contributed by atoms with Crippen LogP contribution in [-0.2, 0) is 0 Å². The Balaban J connectivity index is 2.28. The first kappa shape index (κ1) is 18.5. The quantitative estimate of drug-likeness (QED) is 0.609. The molecule has 0 aliphatic rings. The van der Waals surface area contributed by atoms with Gasteiger partial charge in [0, 0.05) is 16.7 Å². The fraction of sp³-hybridized carbons (Fsp3) is 0.235. The summed E-state index contributed by atoms with van der Waals surface area (Å²) in [5.41, 5.74) is 0.0469. The van der Waals surface area contributed by atoms with E-state index in [2.05, 4.69) is 5.32 Å². The second-order valence-corrected chi connectivity index (χ2v) is 5.84. The van der Waals surface area contributed by atoms with E-state index in [1.54, 1.807) is 12.1 Å². The highest BCUT2D eigenvalue weighted by molar-refractivity contribution is 6.31. The van der Waals surface area contributed by atoms with Crippen LogP contribution in [0.3, 0.4) is 0 Å². The monoisotopic (exact) mass is 364 g/mol. The Bertz CT molecular complexity index is 808. The number of carbonyl (C=O) groups is 1. The number of nitro groups is 1. The van der Waals surface area contributed by atoms with E-state index in [-0.39, 0.29) is 28.1 Å². The fourth-order valence-electron chi connectivity index (χ4n) is 2.12. The van der Waals surface area contributed by atoms with Gasteiger partial charge >= 0.3 is 0 Å². The maximum absolute atomic E-state index is 12.4. The maximum Gasteiger partial charge on any atom is 0.294 e. The number of halogens is 1. The highest BCUT2D eigenvalue weighted by Gasteiger charge is 2.18. The number of hydrogen-bond donors (Lipinski definition) is 1. The van der Waals surface area contributed by atoms with Crippen molar-refractivity contribution >= 4 is 28.9 Å². The maximum atomic E-state index is 12.4. The second kappa shape index (κ2) is 7.85. The Morgan fingerprint density at radius 2 is 1.92 bits per heavy atom. The van der Waals surface area contributed by atoms with Gasteiger partial charge in [0.2, 0.25) is 0 Å².